The molecule has 10 heteroatoms. The molecule has 0 aliphatic carbocycles. The van der Waals surface area contributed by atoms with Gasteiger partial charge in [-0.2, -0.15) is 0 Å². The van der Waals surface area contributed by atoms with E-state index in [-0.39, 0.29) is 23.7 Å². The van der Waals surface area contributed by atoms with E-state index in [0.717, 1.165) is 16.9 Å². The van der Waals surface area contributed by atoms with E-state index in [1.54, 1.807) is 17.5 Å². The zero-order valence-electron chi connectivity index (χ0n) is 14.6. The van der Waals surface area contributed by atoms with E-state index >= 15 is 0 Å². The Kier molecular flexibility index (Phi) is 7.77. The van der Waals surface area contributed by atoms with Gasteiger partial charge in [-0.05, 0) is 17.5 Å². The molecule has 0 bridgehead atoms. The minimum atomic E-state index is -3.62. The van der Waals surface area contributed by atoms with Crippen molar-refractivity contribution in [3.63, 3.8) is 0 Å². The van der Waals surface area contributed by atoms with Gasteiger partial charge >= 0.3 is 5.97 Å². The molecule has 1 aromatic carbocycles. The van der Waals surface area contributed by atoms with Gasteiger partial charge in [-0.3, -0.25) is 9.59 Å². The third-order valence-electron chi connectivity index (χ3n) is 3.41. The molecule has 1 aromatic heterocycles. The van der Waals surface area contributed by atoms with Gasteiger partial charge in [0.25, 0.3) is 5.91 Å². The fourth-order valence-electron chi connectivity index (χ4n) is 2.09. The van der Waals surface area contributed by atoms with E-state index in [4.69, 9.17) is 9.47 Å². The third kappa shape index (κ3) is 6.66. The van der Waals surface area contributed by atoms with Crippen LogP contribution in [0.3, 0.4) is 0 Å². The van der Waals surface area contributed by atoms with Gasteiger partial charge in [-0.25, -0.2) is 13.1 Å². The first-order valence-electron chi connectivity index (χ1n) is 8.00. The number of para-hydroxylation sites is 1. The number of ether oxygens (including phenoxy) is 2. The Morgan fingerprint density at radius 3 is 2.63 bits per heavy atom. The molecule has 0 saturated heterocycles. The summed E-state index contributed by atoms with van der Waals surface area (Å²) in [6.07, 6.45) is -0.176. The maximum absolute atomic E-state index is 11.9. The van der Waals surface area contributed by atoms with Crippen LogP contribution in [-0.2, 0) is 30.9 Å². The maximum Gasteiger partial charge on any atom is 0.307 e. The Labute approximate surface area is 161 Å². The summed E-state index contributed by atoms with van der Waals surface area (Å²) >= 11 is 1.08. The summed E-state index contributed by atoms with van der Waals surface area (Å²) in [5, 5.41) is 4.27. The molecule has 1 amide bonds. The number of hydrogen-bond donors (Lipinski definition) is 2. The minimum absolute atomic E-state index is 0.109. The van der Waals surface area contributed by atoms with Crippen molar-refractivity contribution in [3.05, 3.63) is 47.3 Å². The maximum atomic E-state index is 11.9. The Hall–Kier alpha value is -2.43. The second-order valence-corrected chi connectivity index (χ2v) is 8.27. The van der Waals surface area contributed by atoms with Crippen LogP contribution >= 0.6 is 11.3 Å². The van der Waals surface area contributed by atoms with Crippen LogP contribution in [0, 0.1) is 0 Å². The van der Waals surface area contributed by atoms with Gasteiger partial charge in [0.2, 0.25) is 10.0 Å². The normalized spacial score (nSPS) is 11.0. The number of amides is 1. The number of rotatable bonds is 10. The number of carbonyl (C=O) groups is 2. The molecule has 27 heavy (non-hydrogen) atoms. The number of nitrogens with one attached hydrogen (secondary N) is 2. The minimum Gasteiger partial charge on any atom is -0.496 e. The van der Waals surface area contributed by atoms with Gasteiger partial charge < -0.3 is 14.8 Å². The Morgan fingerprint density at radius 2 is 1.93 bits per heavy atom. The summed E-state index contributed by atoms with van der Waals surface area (Å²) in [6, 6.07) is 10.3. The van der Waals surface area contributed by atoms with Crippen molar-refractivity contribution in [2.45, 2.75) is 17.2 Å². The first-order chi connectivity index (χ1) is 12.9. The highest BCUT2D eigenvalue weighted by Crippen LogP contribution is 2.16. The fraction of sp³-hybridized carbons (Fsp3) is 0.294. The van der Waals surface area contributed by atoms with Crippen molar-refractivity contribution in [3.8, 4) is 5.75 Å². The third-order valence-corrected chi connectivity index (χ3v) is 6.27. The Bertz CT molecular complexity index is 865. The van der Waals surface area contributed by atoms with Crippen molar-refractivity contribution in [2.75, 3.05) is 20.3 Å². The van der Waals surface area contributed by atoms with Crippen molar-refractivity contribution in [1.82, 2.24) is 10.0 Å². The summed E-state index contributed by atoms with van der Waals surface area (Å²) in [5.41, 5.74) is 0.794. The van der Waals surface area contributed by atoms with Gasteiger partial charge in [0.1, 0.15) is 9.96 Å². The van der Waals surface area contributed by atoms with Crippen molar-refractivity contribution in [1.29, 1.82) is 0 Å². The van der Waals surface area contributed by atoms with Gasteiger partial charge in [0, 0.05) is 18.7 Å². The summed E-state index contributed by atoms with van der Waals surface area (Å²) in [5.74, 6) is -0.488. The Morgan fingerprint density at radius 1 is 1.15 bits per heavy atom. The highest BCUT2D eigenvalue weighted by atomic mass is 32.2. The van der Waals surface area contributed by atoms with Crippen molar-refractivity contribution < 1.29 is 27.5 Å². The quantitative estimate of drug-likeness (QED) is 0.569. The standard InChI is InChI=1S/C17H20N2O6S2/c1-24-14-6-3-2-5-13(14)11-18-15(20)12-25-16(21)8-9-19-27(22,23)17-7-4-10-26-17/h2-7,10,19H,8-9,11-12H2,1H3,(H,18,20). The number of sulfonamides is 1. The molecule has 0 aliphatic heterocycles. The molecule has 1 heterocycles. The molecule has 0 unspecified atom stereocenters. The second-order valence-electron chi connectivity index (χ2n) is 5.33. The number of hydrogen-bond acceptors (Lipinski definition) is 7. The number of carbonyl (C=O) groups excluding carboxylic acids is 2. The van der Waals surface area contributed by atoms with E-state index in [1.807, 2.05) is 18.2 Å². The molecule has 0 spiro atoms. The molecule has 0 atom stereocenters. The van der Waals surface area contributed by atoms with Crippen LogP contribution < -0.4 is 14.8 Å². The largest absolute Gasteiger partial charge is 0.496 e. The zero-order valence-corrected chi connectivity index (χ0v) is 16.3. The topological polar surface area (TPSA) is 111 Å². The van der Waals surface area contributed by atoms with Crippen LogP contribution in [0.25, 0.3) is 0 Å². The first kappa shape index (κ1) is 20.9. The summed E-state index contributed by atoms with van der Waals surface area (Å²) in [7, 11) is -2.08. The molecular weight excluding hydrogens is 392 g/mol. The number of esters is 1. The summed E-state index contributed by atoms with van der Waals surface area (Å²) < 4.78 is 36.3. The average molecular weight is 412 g/mol. The molecule has 0 saturated carbocycles. The molecule has 2 aromatic rings. The fourth-order valence-corrected chi connectivity index (χ4v) is 4.16. The number of methoxy groups -OCH3 is 1. The zero-order chi connectivity index (χ0) is 19.7. The van der Waals surface area contributed by atoms with E-state index < -0.39 is 28.5 Å². The molecule has 2 rings (SSSR count). The van der Waals surface area contributed by atoms with Gasteiger partial charge in [0.15, 0.2) is 6.61 Å². The van der Waals surface area contributed by atoms with Crippen molar-refractivity contribution >= 4 is 33.2 Å². The van der Waals surface area contributed by atoms with Gasteiger partial charge in [-0.1, -0.05) is 24.3 Å². The first-order valence-corrected chi connectivity index (χ1v) is 10.4. The average Bonchev–Trinajstić information content (AvgIpc) is 3.20. The Balaban J connectivity index is 1.67. The van der Waals surface area contributed by atoms with E-state index in [9.17, 15) is 18.0 Å². The summed E-state index contributed by atoms with van der Waals surface area (Å²) in [4.78, 5) is 23.4. The van der Waals surface area contributed by atoms with Crippen LogP contribution in [0.1, 0.15) is 12.0 Å². The lowest BCUT2D eigenvalue weighted by molar-refractivity contribution is -0.148. The van der Waals surface area contributed by atoms with E-state index in [1.165, 1.54) is 13.2 Å². The molecular formula is C17H20N2O6S2. The second kappa shape index (κ2) is 10.0. The van der Waals surface area contributed by atoms with Crippen LogP contribution in [-0.4, -0.2) is 40.6 Å². The van der Waals surface area contributed by atoms with Crippen LogP contribution in [0.2, 0.25) is 0 Å². The molecule has 8 nitrogen and oxygen atoms in total. The highest BCUT2D eigenvalue weighted by Gasteiger charge is 2.15. The lowest BCUT2D eigenvalue weighted by Gasteiger charge is -2.10. The van der Waals surface area contributed by atoms with Gasteiger partial charge in [0.05, 0.1) is 13.5 Å². The van der Waals surface area contributed by atoms with Crippen LogP contribution in [0.5, 0.6) is 5.75 Å². The van der Waals surface area contributed by atoms with Gasteiger partial charge in [-0.15, -0.1) is 11.3 Å². The van der Waals surface area contributed by atoms with Crippen LogP contribution in [0.4, 0.5) is 0 Å². The summed E-state index contributed by atoms with van der Waals surface area (Å²) in [6.45, 7) is -0.311. The van der Waals surface area contributed by atoms with E-state index in [2.05, 4.69) is 10.0 Å². The SMILES string of the molecule is COc1ccccc1CNC(=O)COC(=O)CCNS(=O)(=O)c1cccs1. The predicted molar refractivity (Wildman–Crippen MR) is 99.9 cm³/mol. The predicted octanol–water partition coefficient (Wildman–Crippen LogP) is 1.28. The number of benzene rings is 1. The van der Waals surface area contributed by atoms with Crippen LogP contribution in [0.15, 0.2) is 46.0 Å². The molecule has 146 valence electrons. The molecule has 0 fully saturated rings. The van der Waals surface area contributed by atoms with E-state index in [0.29, 0.717) is 5.75 Å². The monoisotopic (exact) mass is 412 g/mol. The number of thiophene rings is 1. The smallest absolute Gasteiger partial charge is 0.307 e. The molecule has 0 aliphatic rings. The lowest BCUT2D eigenvalue weighted by atomic mass is 10.2. The lowest BCUT2D eigenvalue weighted by Crippen LogP contribution is -2.30. The highest BCUT2D eigenvalue weighted by molar-refractivity contribution is 7.91. The van der Waals surface area contributed by atoms with Crippen molar-refractivity contribution in [2.24, 2.45) is 0 Å². The molecule has 2 N–H and O–H groups in total. The molecule has 0 radical (unpaired) electrons.